The molecule has 0 bridgehead atoms. The van der Waals surface area contributed by atoms with Gasteiger partial charge < -0.3 is 9.47 Å². The lowest BCUT2D eigenvalue weighted by atomic mass is 9.75. The molecule has 0 unspecified atom stereocenters. The fourth-order valence-electron chi connectivity index (χ4n) is 5.04. The highest BCUT2D eigenvalue weighted by Gasteiger charge is 2.34. The number of hydrogen-bond donors (Lipinski definition) is 0. The fourth-order valence-corrected chi connectivity index (χ4v) is 5.04. The third kappa shape index (κ3) is 4.82. The molecule has 0 saturated heterocycles. The van der Waals surface area contributed by atoms with Crippen LogP contribution < -0.4 is 0 Å². The summed E-state index contributed by atoms with van der Waals surface area (Å²) in [6.45, 7) is 2.35. The van der Waals surface area contributed by atoms with Crippen LogP contribution in [0, 0.1) is 17.8 Å². The lowest BCUT2D eigenvalue weighted by molar-refractivity contribution is -0.131. The molecule has 3 fully saturated rings. The molecule has 3 saturated carbocycles. The maximum atomic E-state index is 12.8. The van der Waals surface area contributed by atoms with E-state index in [1.165, 1.54) is 25.7 Å². The molecule has 3 nitrogen and oxygen atoms in total. The van der Waals surface area contributed by atoms with Crippen molar-refractivity contribution in [3.05, 3.63) is 0 Å². The molecule has 0 aromatic carbocycles. The van der Waals surface area contributed by atoms with Crippen molar-refractivity contribution >= 4 is 5.78 Å². The standard InChI is InChI=1S/C21H36O3/c1-15-3-9-19(10-4-15)24-20-13-7-17(8-14-20)21(22)16-5-11-18(23-2)12-6-16/h15-20H,3-14H2,1-2H3. The number of ketones is 1. The van der Waals surface area contributed by atoms with Crippen LogP contribution >= 0.6 is 0 Å². The first-order chi connectivity index (χ1) is 11.7. The van der Waals surface area contributed by atoms with Gasteiger partial charge in [0.2, 0.25) is 0 Å². The lowest BCUT2D eigenvalue weighted by Gasteiger charge is -2.35. The minimum atomic E-state index is 0.304. The van der Waals surface area contributed by atoms with E-state index in [2.05, 4.69) is 6.92 Å². The van der Waals surface area contributed by atoms with E-state index in [-0.39, 0.29) is 0 Å². The first-order valence-corrected chi connectivity index (χ1v) is 10.4. The van der Waals surface area contributed by atoms with E-state index in [1.807, 2.05) is 0 Å². The molecular weight excluding hydrogens is 300 g/mol. The number of Topliss-reactive ketones (excluding diaryl/α,β-unsaturated/α-hetero) is 1. The first kappa shape index (κ1) is 18.4. The molecule has 0 atom stereocenters. The zero-order valence-electron chi connectivity index (χ0n) is 15.7. The Balaban J connectivity index is 1.38. The average molecular weight is 337 g/mol. The monoisotopic (exact) mass is 336 g/mol. The first-order valence-electron chi connectivity index (χ1n) is 10.4. The van der Waals surface area contributed by atoms with Crippen LogP contribution in [0.2, 0.25) is 0 Å². The van der Waals surface area contributed by atoms with Gasteiger partial charge in [0.05, 0.1) is 18.3 Å². The van der Waals surface area contributed by atoms with Gasteiger partial charge in [0, 0.05) is 18.9 Å². The van der Waals surface area contributed by atoms with E-state index in [1.54, 1.807) is 7.11 Å². The zero-order valence-corrected chi connectivity index (χ0v) is 15.7. The van der Waals surface area contributed by atoms with Gasteiger partial charge in [-0.25, -0.2) is 0 Å². The maximum absolute atomic E-state index is 12.8. The molecule has 0 aromatic rings. The Morgan fingerprint density at radius 1 is 0.667 bits per heavy atom. The molecular formula is C21H36O3. The summed E-state index contributed by atoms with van der Waals surface area (Å²) in [4.78, 5) is 12.8. The number of carbonyl (C=O) groups is 1. The van der Waals surface area contributed by atoms with Gasteiger partial charge in [-0.05, 0) is 83.0 Å². The van der Waals surface area contributed by atoms with Crippen molar-refractivity contribution < 1.29 is 14.3 Å². The Bertz CT molecular complexity index is 384. The second-order valence-electron chi connectivity index (χ2n) is 8.60. The minimum Gasteiger partial charge on any atom is -0.381 e. The molecule has 0 spiro atoms. The van der Waals surface area contributed by atoms with Crippen LogP contribution in [0.15, 0.2) is 0 Å². The van der Waals surface area contributed by atoms with Crippen LogP contribution in [-0.4, -0.2) is 31.2 Å². The van der Waals surface area contributed by atoms with Crippen LogP contribution in [0.1, 0.15) is 84.0 Å². The van der Waals surface area contributed by atoms with Crippen molar-refractivity contribution in [1.29, 1.82) is 0 Å². The predicted octanol–water partition coefficient (Wildman–Crippen LogP) is 4.91. The molecule has 3 aliphatic carbocycles. The van der Waals surface area contributed by atoms with Crippen molar-refractivity contribution in [2.45, 2.75) is 102 Å². The van der Waals surface area contributed by atoms with Gasteiger partial charge in [0.15, 0.2) is 0 Å². The Kier molecular flexibility index (Phi) is 6.74. The number of hydrogen-bond acceptors (Lipinski definition) is 3. The van der Waals surface area contributed by atoms with E-state index in [0.29, 0.717) is 35.9 Å². The highest BCUT2D eigenvalue weighted by atomic mass is 16.5. The van der Waals surface area contributed by atoms with Crippen molar-refractivity contribution in [2.75, 3.05) is 7.11 Å². The highest BCUT2D eigenvalue weighted by Crippen LogP contribution is 2.35. The quantitative estimate of drug-likeness (QED) is 0.715. The van der Waals surface area contributed by atoms with E-state index in [0.717, 1.165) is 57.3 Å². The van der Waals surface area contributed by atoms with Gasteiger partial charge in [0.25, 0.3) is 0 Å². The Hall–Kier alpha value is -0.410. The summed E-state index contributed by atoms with van der Waals surface area (Å²) in [7, 11) is 1.79. The van der Waals surface area contributed by atoms with Gasteiger partial charge in [-0.3, -0.25) is 4.79 Å². The molecule has 0 aromatic heterocycles. The Labute approximate surface area is 147 Å². The normalized spacial score (nSPS) is 41.1. The van der Waals surface area contributed by atoms with Crippen LogP contribution in [0.4, 0.5) is 0 Å². The minimum absolute atomic E-state index is 0.304. The summed E-state index contributed by atoms with van der Waals surface area (Å²) in [6.07, 6.45) is 14.9. The molecule has 0 amide bonds. The maximum Gasteiger partial charge on any atom is 0.139 e. The number of rotatable bonds is 5. The van der Waals surface area contributed by atoms with Crippen LogP contribution in [0.3, 0.4) is 0 Å². The molecule has 0 N–H and O–H groups in total. The summed E-state index contributed by atoms with van der Waals surface area (Å²) in [5.41, 5.74) is 0. The molecule has 3 heteroatoms. The average Bonchev–Trinajstić information content (AvgIpc) is 2.64. The van der Waals surface area contributed by atoms with E-state index >= 15 is 0 Å². The van der Waals surface area contributed by atoms with Crippen molar-refractivity contribution in [1.82, 2.24) is 0 Å². The molecule has 3 aliphatic rings. The summed E-state index contributed by atoms with van der Waals surface area (Å²) < 4.78 is 11.8. The number of ether oxygens (including phenoxy) is 2. The number of carbonyl (C=O) groups excluding carboxylic acids is 1. The zero-order chi connectivity index (χ0) is 16.9. The second kappa shape index (κ2) is 8.80. The van der Waals surface area contributed by atoms with Gasteiger partial charge in [0.1, 0.15) is 5.78 Å². The molecule has 0 radical (unpaired) electrons. The van der Waals surface area contributed by atoms with Crippen molar-refractivity contribution in [3.63, 3.8) is 0 Å². The second-order valence-corrected chi connectivity index (χ2v) is 8.60. The Morgan fingerprint density at radius 2 is 1.08 bits per heavy atom. The molecule has 0 heterocycles. The third-order valence-corrected chi connectivity index (χ3v) is 6.83. The van der Waals surface area contributed by atoms with Gasteiger partial charge in [-0.1, -0.05) is 6.92 Å². The Morgan fingerprint density at radius 3 is 1.54 bits per heavy atom. The van der Waals surface area contributed by atoms with Crippen LogP contribution in [-0.2, 0) is 14.3 Å². The van der Waals surface area contributed by atoms with Crippen molar-refractivity contribution in [2.24, 2.45) is 17.8 Å². The molecule has 0 aliphatic heterocycles. The molecule has 138 valence electrons. The van der Waals surface area contributed by atoms with Crippen LogP contribution in [0.25, 0.3) is 0 Å². The van der Waals surface area contributed by atoms with E-state index in [4.69, 9.17) is 9.47 Å². The summed E-state index contributed by atoms with van der Waals surface area (Å²) >= 11 is 0. The number of methoxy groups -OCH3 is 1. The van der Waals surface area contributed by atoms with Gasteiger partial charge >= 0.3 is 0 Å². The summed E-state index contributed by atoms with van der Waals surface area (Å²) in [6, 6.07) is 0. The highest BCUT2D eigenvalue weighted by molar-refractivity contribution is 5.83. The van der Waals surface area contributed by atoms with Gasteiger partial charge in [-0.15, -0.1) is 0 Å². The summed E-state index contributed by atoms with van der Waals surface area (Å²) in [5, 5.41) is 0. The summed E-state index contributed by atoms with van der Waals surface area (Å²) in [5.74, 6) is 2.04. The fraction of sp³-hybridized carbons (Fsp3) is 0.952. The molecule has 3 rings (SSSR count). The largest absolute Gasteiger partial charge is 0.381 e. The van der Waals surface area contributed by atoms with Gasteiger partial charge in [-0.2, -0.15) is 0 Å². The SMILES string of the molecule is COC1CCC(C(=O)C2CCC(OC3CCC(C)CC3)CC2)CC1. The van der Waals surface area contributed by atoms with E-state index in [9.17, 15) is 4.79 Å². The van der Waals surface area contributed by atoms with Crippen LogP contribution in [0.5, 0.6) is 0 Å². The molecule has 24 heavy (non-hydrogen) atoms. The smallest absolute Gasteiger partial charge is 0.139 e. The predicted molar refractivity (Wildman–Crippen MR) is 96.0 cm³/mol. The topological polar surface area (TPSA) is 35.5 Å². The lowest BCUT2D eigenvalue weighted by Crippen LogP contribution is -2.34. The van der Waals surface area contributed by atoms with Crippen molar-refractivity contribution in [3.8, 4) is 0 Å². The van der Waals surface area contributed by atoms with E-state index < -0.39 is 0 Å². The third-order valence-electron chi connectivity index (χ3n) is 6.83.